The average molecular weight is 470 g/mol. The Labute approximate surface area is 195 Å². The van der Waals surface area contributed by atoms with Crippen molar-refractivity contribution < 1.29 is 22.7 Å². The number of amides is 1. The minimum absolute atomic E-state index is 0.0587. The summed E-state index contributed by atoms with van der Waals surface area (Å²) in [4.78, 5) is 21.0. The first-order valence-corrected chi connectivity index (χ1v) is 11.1. The molecule has 34 heavy (non-hydrogen) atoms. The first-order chi connectivity index (χ1) is 16.4. The predicted molar refractivity (Wildman–Crippen MR) is 122 cm³/mol. The van der Waals surface area contributed by atoms with Gasteiger partial charge in [0.1, 0.15) is 34.6 Å². The molecule has 0 bridgehead atoms. The highest BCUT2D eigenvalue weighted by atomic mass is 19.1. The molecule has 1 aliphatic rings. The van der Waals surface area contributed by atoms with Gasteiger partial charge in [-0.1, -0.05) is 6.42 Å². The van der Waals surface area contributed by atoms with E-state index in [4.69, 9.17) is 10.5 Å². The zero-order valence-corrected chi connectivity index (χ0v) is 18.7. The van der Waals surface area contributed by atoms with Gasteiger partial charge in [-0.2, -0.15) is 0 Å². The standard InChI is InChI=1S/C25H25F3N4O2/c1-34-16-11-19(27)23(20(28)12-16)24-18(26)7-8-21(31-24)25(33)32-22-13-30-10-9-17(22)14-3-2-4-15(29)6-5-14/h7-15H,2-6,29H2,1H3,(H,32,33). The second kappa shape index (κ2) is 10.2. The number of ether oxygens (including phenoxy) is 1. The van der Waals surface area contributed by atoms with Gasteiger partial charge in [-0.25, -0.2) is 18.2 Å². The Balaban J connectivity index is 1.63. The highest BCUT2D eigenvalue weighted by Crippen LogP contribution is 2.35. The number of nitrogens with zero attached hydrogens (tertiary/aromatic N) is 2. The number of anilines is 1. The molecule has 4 rings (SSSR count). The van der Waals surface area contributed by atoms with E-state index < -0.39 is 34.6 Å². The van der Waals surface area contributed by atoms with Gasteiger partial charge < -0.3 is 15.8 Å². The Morgan fingerprint density at radius 1 is 1.06 bits per heavy atom. The van der Waals surface area contributed by atoms with Crippen molar-refractivity contribution in [2.24, 2.45) is 5.73 Å². The monoisotopic (exact) mass is 470 g/mol. The zero-order chi connectivity index (χ0) is 24.2. The van der Waals surface area contributed by atoms with Crippen LogP contribution in [0.4, 0.5) is 18.9 Å². The summed E-state index contributed by atoms with van der Waals surface area (Å²) < 4.78 is 48.4. The van der Waals surface area contributed by atoms with Crippen LogP contribution in [0.5, 0.6) is 5.75 Å². The van der Waals surface area contributed by atoms with Gasteiger partial charge >= 0.3 is 0 Å². The highest BCUT2D eigenvalue weighted by Gasteiger charge is 2.23. The van der Waals surface area contributed by atoms with Crippen LogP contribution >= 0.6 is 0 Å². The van der Waals surface area contributed by atoms with Gasteiger partial charge in [0, 0.05) is 24.4 Å². The lowest BCUT2D eigenvalue weighted by molar-refractivity contribution is 0.102. The first kappa shape index (κ1) is 23.7. The minimum Gasteiger partial charge on any atom is -0.497 e. The van der Waals surface area contributed by atoms with Gasteiger partial charge in [0.25, 0.3) is 5.91 Å². The minimum atomic E-state index is -1.05. The van der Waals surface area contributed by atoms with Crippen LogP contribution in [-0.4, -0.2) is 29.0 Å². The summed E-state index contributed by atoms with van der Waals surface area (Å²) in [6, 6.07) is 6.00. The molecule has 178 valence electrons. The molecule has 1 aromatic carbocycles. The molecule has 0 radical (unpaired) electrons. The van der Waals surface area contributed by atoms with Gasteiger partial charge in [0.2, 0.25) is 0 Å². The summed E-state index contributed by atoms with van der Waals surface area (Å²) in [7, 11) is 1.26. The van der Waals surface area contributed by atoms with Crippen molar-refractivity contribution in [3.8, 4) is 17.0 Å². The van der Waals surface area contributed by atoms with E-state index in [9.17, 15) is 18.0 Å². The van der Waals surface area contributed by atoms with Crippen LogP contribution in [-0.2, 0) is 0 Å². The largest absolute Gasteiger partial charge is 0.497 e. The summed E-state index contributed by atoms with van der Waals surface area (Å²) >= 11 is 0. The summed E-state index contributed by atoms with van der Waals surface area (Å²) in [6.07, 6.45) is 7.89. The van der Waals surface area contributed by atoms with Gasteiger partial charge in [0.15, 0.2) is 0 Å². The molecule has 0 aliphatic heterocycles. The molecule has 2 unspecified atom stereocenters. The Hall–Kier alpha value is -3.46. The van der Waals surface area contributed by atoms with E-state index in [0.29, 0.717) is 5.69 Å². The van der Waals surface area contributed by atoms with Gasteiger partial charge in [0.05, 0.1) is 24.6 Å². The van der Waals surface area contributed by atoms with Crippen LogP contribution < -0.4 is 15.8 Å². The van der Waals surface area contributed by atoms with E-state index in [2.05, 4.69) is 15.3 Å². The number of aromatic nitrogens is 2. The molecule has 1 fully saturated rings. The molecule has 1 saturated carbocycles. The van der Waals surface area contributed by atoms with Crippen LogP contribution in [0, 0.1) is 17.5 Å². The van der Waals surface area contributed by atoms with Crippen molar-refractivity contribution in [3.05, 3.63) is 71.4 Å². The number of pyridine rings is 2. The molecule has 2 aromatic heterocycles. The van der Waals surface area contributed by atoms with Crippen molar-refractivity contribution >= 4 is 11.6 Å². The number of rotatable bonds is 5. The summed E-state index contributed by atoms with van der Waals surface area (Å²) in [5.41, 5.74) is 6.08. The van der Waals surface area contributed by atoms with Crippen LogP contribution in [0.1, 0.15) is 54.1 Å². The lowest BCUT2D eigenvalue weighted by Crippen LogP contribution is -2.18. The Kier molecular flexibility index (Phi) is 7.12. The van der Waals surface area contributed by atoms with E-state index in [1.54, 1.807) is 12.4 Å². The van der Waals surface area contributed by atoms with Crippen molar-refractivity contribution in [1.29, 1.82) is 0 Å². The van der Waals surface area contributed by atoms with E-state index in [1.165, 1.54) is 7.11 Å². The second-order valence-electron chi connectivity index (χ2n) is 8.38. The molecule has 0 saturated heterocycles. The molecule has 0 spiro atoms. The number of methoxy groups -OCH3 is 1. The lowest BCUT2D eigenvalue weighted by Gasteiger charge is -2.19. The van der Waals surface area contributed by atoms with Crippen molar-refractivity contribution in [2.45, 2.75) is 44.1 Å². The van der Waals surface area contributed by atoms with Gasteiger partial charge in [-0.05, 0) is 55.4 Å². The summed E-state index contributed by atoms with van der Waals surface area (Å²) in [5.74, 6) is -3.56. The summed E-state index contributed by atoms with van der Waals surface area (Å²) in [5, 5.41) is 2.78. The molecule has 6 nitrogen and oxygen atoms in total. The molecular formula is C25H25F3N4O2. The number of nitrogens with two attached hydrogens (primary N) is 1. The molecule has 2 heterocycles. The lowest BCUT2D eigenvalue weighted by atomic mass is 9.91. The first-order valence-electron chi connectivity index (χ1n) is 11.1. The summed E-state index contributed by atoms with van der Waals surface area (Å²) in [6.45, 7) is 0. The molecule has 3 aromatic rings. The predicted octanol–water partition coefficient (Wildman–Crippen LogP) is 5.20. The van der Waals surface area contributed by atoms with Gasteiger partial charge in [-0.3, -0.25) is 9.78 Å². The zero-order valence-electron chi connectivity index (χ0n) is 18.7. The molecule has 1 aliphatic carbocycles. The molecule has 1 amide bonds. The number of carbonyl (C=O) groups is 1. The SMILES string of the molecule is COc1cc(F)c(-c2nc(C(=O)Nc3cnccc3C3CCCC(N)CC3)ccc2F)c(F)c1. The van der Waals surface area contributed by atoms with Crippen molar-refractivity contribution in [2.75, 3.05) is 12.4 Å². The van der Waals surface area contributed by atoms with Crippen molar-refractivity contribution in [1.82, 2.24) is 9.97 Å². The van der Waals surface area contributed by atoms with E-state index in [-0.39, 0.29) is 23.4 Å². The molecular weight excluding hydrogens is 445 g/mol. The number of hydrogen-bond donors (Lipinski definition) is 2. The van der Waals surface area contributed by atoms with Crippen LogP contribution in [0.15, 0.2) is 42.7 Å². The number of hydrogen-bond acceptors (Lipinski definition) is 5. The average Bonchev–Trinajstić information content (AvgIpc) is 3.04. The van der Waals surface area contributed by atoms with Crippen molar-refractivity contribution in [3.63, 3.8) is 0 Å². The molecule has 9 heteroatoms. The fraction of sp³-hybridized carbons (Fsp3) is 0.320. The maximum atomic E-state index is 14.5. The molecule has 3 N–H and O–H groups in total. The number of benzene rings is 1. The normalized spacial score (nSPS) is 18.3. The van der Waals surface area contributed by atoms with E-state index in [1.807, 2.05) is 6.07 Å². The third-order valence-corrected chi connectivity index (χ3v) is 6.12. The highest BCUT2D eigenvalue weighted by molar-refractivity contribution is 6.03. The Bertz CT molecular complexity index is 1180. The maximum absolute atomic E-state index is 14.5. The Morgan fingerprint density at radius 2 is 1.82 bits per heavy atom. The van der Waals surface area contributed by atoms with Crippen LogP contribution in [0.3, 0.4) is 0 Å². The Morgan fingerprint density at radius 3 is 2.56 bits per heavy atom. The van der Waals surface area contributed by atoms with Crippen LogP contribution in [0.25, 0.3) is 11.3 Å². The van der Waals surface area contributed by atoms with E-state index >= 15 is 0 Å². The topological polar surface area (TPSA) is 90.1 Å². The fourth-order valence-corrected chi connectivity index (χ4v) is 4.33. The third kappa shape index (κ3) is 5.04. The van der Waals surface area contributed by atoms with Crippen LogP contribution in [0.2, 0.25) is 0 Å². The van der Waals surface area contributed by atoms with E-state index in [0.717, 1.165) is 61.9 Å². The fourth-order valence-electron chi connectivity index (χ4n) is 4.33. The second-order valence-corrected chi connectivity index (χ2v) is 8.38. The number of carbonyl (C=O) groups excluding carboxylic acids is 1. The maximum Gasteiger partial charge on any atom is 0.274 e. The molecule has 2 atom stereocenters. The third-order valence-electron chi connectivity index (χ3n) is 6.12. The smallest absolute Gasteiger partial charge is 0.274 e. The number of halogens is 3. The quantitative estimate of drug-likeness (QED) is 0.501. The van der Waals surface area contributed by atoms with Gasteiger partial charge in [-0.15, -0.1) is 0 Å². The number of nitrogens with one attached hydrogen (secondary N) is 1.